The summed E-state index contributed by atoms with van der Waals surface area (Å²) in [7, 11) is 3.20. The minimum absolute atomic E-state index is 0.315. The van der Waals surface area contributed by atoms with Crippen LogP contribution in [0.25, 0.3) is 0 Å². The topological polar surface area (TPSA) is 78.1 Å². The van der Waals surface area contributed by atoms with Gasteiger partial charge in [-0.2, -0.15) is 0 Å². The number of nitrogens with zero attached hydrogens (tertiary/aromatic N) is 1. The highest BCUT2D eigenvalue weighted by Crippen LogP contribution is 2.28. The summed E-state index contributed by atoms with van der Waals surface area (Å²) in [6.07, 6.45) is 0. The number of rotatable bonds is 8. The Balaban J connectivity index is 2.54. The van der Waals surface area contributed by atoms with Crippen molar-refractivity contribution < 1.29 is 14.2 Å². The monoisotopic (exact) mass is 295 g/mol. The lowest BCUT2D eigenvalue weighted by atomic mass is 10.2. The Bertz CT molecular complexity index is 461. The molecule has 0 aliphatic carbocycles. The van der Waals surface area contributed by atoms with Crippen LogP contribution in [0, 0.1) is 5.92 Å². The number of guanidine groups is 1. The summed E-state index contributed by atoms with van der Waals surface area (Å²) in [5.41, 5.74) is 6.56. The molecule has 0 aliphatic heterocycles. The zero-order chi connectivity index (χ0) is 15.7. The molecule has 1 aromatic rings. The first-order valence-corrected chi connectivity index (χ1v) is 6.93. The second-order valence-electron chi connectivity index (χ2n) is 4.93. The molecular weight excluding hydrogens is 270 g/mol. The van der Waals surface area contributed by atoms with Gasteiger partial charge in [0.25, 0.3) is 0 Å². The summed E-state index contributed by atoms with van der Waals surface area (Å²) in [5, 5.41) is 3.00. The van der Waals surface area contributed by atoms with E-state index in [-0.39, 0.29) is 0 Å². The van der Waals surface area contributed by atoms with Crippen LogP contribution in [-0.4, -0.2) is 39.9 Å². The Morgan fingerprint density at radius 1 is 1.29 bits per heavy atom. The molecule has 0 aliphatic rings. The van der Waals surface area contributed by atoms with E-state index in [1.54, 1.807) is 26.4 Å². The molecule has 0 saturated heterocycles. The fourth-order valence-corrected chi connectivity index (χ4v) is 1.64. The maximum absolute atomic E-state index is 5.85. The lowest BCUT2D eigenvalue weighted by molar-refractivity contribution is 0.117. The molecule has 0 spiro atoms. The van der Waals surface area contributed by atoms with E-state index in [9.17, 15) is 0 Å². The minimum Gasteiger partial charge on any atom is -0.497 e. The first kappa shape index (κ1) is 17.1. The number of nitrogens with one attached hydrogen (secondary N) is 1. The van der Waals surface area contributed by atoms with E-state index in [1.165, 1.54) is 0 Å². The van der Waals surface area contributed by atoms with E-state index in [0.29, 0.717) is 42.2 Å². The maximum Gasteiger partial charge on any atom is 0.193 e. The number of ether oxygens (including phenoxy) is 3. The summed E-state index contributed by atoms with van der Waals surface area (Å²) < 4.78 is 15.9. The molecule has 3 N–H and O–H groups in total. The molecule has 118 valence electrons. The van der Waals surface area contributed by atoms with Gasteiger partial charge in [-0.3, -0.25) is 4.99 Å². The van der Waals surface area contributed by atoms with E-state index >= 15 is 0 Å². The zero-order valence-corrected chi connectivity index (χ0v) is 13.2. The van der Waals surface area contributed by atoms with E-state index in [1.807, 2.05) is 6.07 Å². The third-order valence-electron chi connectivity index (χ3n) is 2.64. The second kappa shape index (κ2) is 9.07. The number of hydrogen-bond donors (Lipinski definition) is 2. The SMILES string of the molecule is COc1ccc(OC)c(NC(N)=NCCOCC(C)C)c1. The van der Waals surface area contributed by atoms with Crippen molar-refractivity contribution in [1.82, 2.24) is 0 Å². The van der Waals surface area contributed by atoms with Crippen molar-refractivity contribution in [1.29, 1.82) is 0 Å². The highest BCUT2D eigenvalue weighted by molar-refractivity contribution is 5.93. The van der Waals surface area contributed by atoms with Crippen LogP contribution < -0.4 is 20.5 Å². The van der Waals surface area contributed by atoms with Gasteiger partial charge in [0.1, 0.15) is 11.5 Å². The van der Waals surface area contributed by atoms with Gasteiger partial charge in [-0.1, -0.05) is 13.8 Å². The van der Waals surface area contributed by atoms with Gasteiger partial charge in [0.15, 0.2) is 5.96 Å². The molecule has 6 heteroatoms. The Morgan fingerprint density at radius 3 is 2.67 bits per heavy atom. The molecule has 0 bridgehead atoms. The van der Waals surface area contributed by atoms with E-state index < -0.39 is 0 Å². The van der Waals surface area contributed by atoms with Crippen molar-refractivity contribution in [2.45, 2.75) is 13.8 Å². The van der Waals surface area contributed by atoms with Crippen molar-refractivity contribution in [3.05, 3.63) is 18.2 Å². The average Bonchev–Trinajstić information content (AvgIpc) is 2.46. The maximum atomic E-state index is 5.85. The summed E-state index contributed by atoms with van der Waals surface area (Å²) in [4.78, 5) is 4.21. The number of anilines is 1. The van der Waals surface area contributed by atoms with Gasteiger partial charge in [0.2, 0.25) is 0 Å². The van der Waals surface area contributed by atoms with Gasteiger partial charge >= 0.3 is 0 Å². The quantitative estimate of drug-likeness (QED) is 0.436. The van der Waals surface area contributed by atoms with Crippen LogP contribution in [-0.2, 0) is 4.74 Å². The third-order valence-corrected chi connectivity index (χ3v) is 2.64. The highest BCUT2D eigenvalue weighted by Gasteiger charge is 2.05. The fourth-order valence-electron chi connectivity index (χ4n) is 1.64. The second-order valence-corrected chi connectivity index (χ2v) is 4.93. The third kappa shape index (κ3) is 6.35. The van der Waals surface area contributed by atoms with Gasteiger partial charge in [-0.15, -0.1) is 0 Å². The van der Waals surface area contributed by atoms with Crippen molar-refractivity contribution in [2.75, 3.05) is 39.3 Å². The predicted octanol–water partition coefficient (Wildman–Crippen LogP) is 2.10. The van der Waals surface area contributed by atoms with E-state index in [0.717, 1.165) is 6.61 Å². The standard InChI is InChI=1S/C15H25N3O3/c1-11(2)10-21-8-7-17-15(16)18-13-9-12(19-3)5-6-14(13)20-4/h5-6,9,11H,7-8,10H2,1-4H3,(H3,16,17,18). The van der Waals surface area contributed by atoms with Crippen molar-refractivity contribution in [3.8, 4) is 11.5 Å². The van der Waals surface area contributed by atoms with Gasteiger partial charge in [-0.05, 0) is 18.1 Å². The molecule has 0 saturated carbocycles. The number of benzene rings is 1. The number of nitrogens with two attached hydrogens (primary N) is 1. The molecule has 0 radical (unpaired) electrons. The van der Waals surface area contributed by atoms with E-state index in [2.05, 4.69) is 24.2 Å². The molecule has 0 atom stereocenters. The summed E-state index contributed by atoms with van der Waals surface area (Å²) in [6, 6.07) is 5.42. The molecule has 1 aromatic carbocycles. The molecular formula is C15H25N3O3. The van der Waals surface area contributed by atoms with Crippen molar-refractivity contribution in [2.24, 2.45) is 16.6 Å². The first-order chi connectivity index (χ1) is 10.1. The Hall–Kier alpha value is -1.95. The van der Waals surface area contributed by atoms with Crippen LogP contribution in [0.5, 0.6) is 11.5 Å². The number of hydrogen-bond acceptors (Lipinski definition) is 4. The lowest BCUT2D eigenvalue weighted by Gasteiger charge is -2.12. The van der Waals surface area contributed by atoms with Crippen molar-refractivity contribution >= 4 is 11.6 Å². The molecule has 0 unspecified atom stereocenters. The summed E-state index contributed by atoms with van der Waals surface area (Å²) >= 11 is 0. The Labute approximate surface area is 126 Å². The van der Waals surface area contributed by atoms with Gasteiger partial charge < -0.3 is 25.3 Å². The highest BCUT2D eigenvalue weighted by atomic mass is 16.5. The smallest absolute Gasteiger partial charge is 0.193 e. The molecule has 0 amide bonds. The molecule has 1 rings (SSSR count). The Kier molecular flexibility index (Phi) is 7.39. The van der Waals surface area contributed by atoms with Crippen LogP contribution in [0.1, 0.15) is 13.8 Å². The molecule has 21 heavy (non-hydrogen) atoms. The normalized spacial score (nSPS) is 11.6. The van der Waals surface area contributed by atoms with Gasteiger partial charge in [0.05, 0.1) is 33.1 Å². The largest absolute Gasteiger partial charge is 0.497 e. The lowest BCUT2D eigenvalue weighted by Crippen LogP contribution is -2.23. The molecule has 6 nitrogen and oxygen atoms in total. The van der Waals surface area contributed by atoms with Crippen LogP contribution in [0.4, 0.5) is 5.69 Å². The number of methoxy groups -OCH3 is 2. The number of aliphatic imine (C=N–C) groups is 1. The van der Waals surface area contributed by atoms with Crippen LogP contribution >= 0.6 is 0 Å². The zero-order valence-electron chi connectivity index (χ0n) is 13.2. The van der Waals surface area contributed by atoms with Crippen LogP contribution in [0.3, 0.4) is 0 Å². The van der Waals surface area contributed by atoms with Crippen LogP contribution in [0.15, 0.2) is 23.2 Å². The molecule has 0 heterocycles. The van der Waals surface area contributed by atoms with Gasteiger partial charge in [0, 0.05) is 12.7 Å². The average molecular weight is 295 g/mol. The molecule has 0 aromatic heterocycles. The summed E-state index contributed by atoms with van der Waals surface area (Å²) in [6.45, 7) is 6.00. The fraction of sp³-hybridized carbons (Fsp3) is 0.533. The van der Waals surface area contributed by atoms with Crippen LogP contribution in [0.2, 0.25) is 0 Å². The van der Waals surface area contributed by atoms with E-state index in [4.69, 9.17) is 19.9 Å². The summed E-state index contributed by atoms with van der Waals surface area (Å²) in [5.74, 6) is 2.22. The predicted molar refractivity (Wildman–Crippen MR) is 85.3 cm³/mol. The minimum atomic E-state index is 0.315. The molecule has 0 fully saturated rings. The Morgan fingerprint density at radius 2 is 2.05 bits per heavy atom. The van der Waals surface area contributed by atoms with Gasteiger partial charge in [-0.25, -0.2) is 0 Å². The first-order valence-electron chi connectivity index (χ1n) is 6.93. The van der Waals surface area contributed by atoms with Crippen molar-refractivity contribution in [3.63, 3.8) is 0 Å².